The SMILES string of the molecule is CCNCc1c(N(C)CC(O)COC)nc2ccccn12. The summed E-state index contributed by atoms with van der Waals surface area (Å²) in [6.07, 6.45) is 1.48. The number of aliphatic hydroxyl groups is 1. The molecule has 0 aliphatic rings. The standard InChI is InChI=1S/C15H24N4O2/c1-4-16-9-13-15(18(2)10-12(20)11-21-3)17-14-7-5-6-8-19(13)14/h5-8,12,16,20H,4,9-11H2,1-3H3. The van der Waals surface area contributed by atoms with Gasteiger partial charge in [0.2, 0.25) is 0 Å². The second-order valence-corrected chi connectivity index (χ2v) is 5.08. The fourth-order valence-corrected chi connectivity index (χ4v) is 2.40. The van der Waals surface area contributed by atoms with Crippen LogP contribution in [-0.4, -0.2) is 54.4 Å². The van der Waals surface area contributed by atoms with Crippen LogP contribution in [0.2, 0.25) is 0 Å². The summed E-state index contributed by atoms with van der Waals surface area (Å²) in [6.45, 7) is 4.52. The lowest BCUT2D eigenvalue weighted by atomic mass is 10.3. The molecule has 1 unspecified atom stereocenters. The van der Waals surface area contributed by atoms with E-state index in [1.807, 2.05) is 36.3 Å². The molecule has 0 saturated heterocycles. The molecular formula is C15H24N4O2. The number of pyridine rings is 1. The second-order valence-electron chi connectivity index (χ2n) is 5.08. The Labute approximate surface area is 125 Å². The van der Waals surface area contributed by atoms with E-state index in [1.165, 1.54) is 0 Å². The molecule has 2 rings (SSSR count). The fourth-order valence-electron chi connectivity index (χ4n) is 2.40. The lowest BCUT2D eigenvalue weighted by molar-refractivity contribution is 0.0694. The summed E-state index contributed by atoms with van der Waals surface area (Å²) in [5.41, 5.74) is 2.01. The minimum Gasteiger partial charge on any atom is -0.389 e. The number of nitrogens with one attached hydrogen (secondary N) is 1. The molecule has 0 fully saturated rings. The Bertz CT molecular complexity index is 570. The summed E-state index contributed by atoms with van der Waals surface area (Å²) >= 11 is 0. The molecule has 0 radical (unpaired) electrons. The van der Waals surface area contributed by atoms with Crippen LogP contribution in [0, 0.1) is 0 Å². The van der Waals surface area contributed by atoms with E-state index in [0.717, 1.165) is 30.2 Å². The monoisotopic (exact) mass is 292 g/mol. The number of methoxy groups -OCH3 is 1. The maximum Gasteiger partial charge on any atom is 0.152 e. The van der Waals surface area contributed by atoms with Crippen LogP contribution in [0.3, 0.4) is 0 Å². The topological polar surface area (TPSA) is 62.0 Å². The molecule has 6 heteroatoms. The third kappa shape index (κ3) is 3.72. The summed E-state index contributed by atoms with van der Waals surface area (Å²) in [5.74, 6) is 0.886. The van der Waals surface area contributed by atoms with Crippen molar-refractivity contribution >= 4 is 11.5 Å². The van der Waals surface area contributed by atoms with E-state index in [1.54, 1.807) is 7.11 Å². The maximum absolute atomic E-state index is 9.91. The number of anilines is 1. The molecule has 0 saturated carbocycles. The number of aromatic nitrogens is 2. The summed E-state index contributed by atoms with van der Waals surface area (Å²) in [4.78, 5) is 6.65. The molecule has 2 N–H and O–H groups in total. The van der Waals surface area contributed by atoms with Crippen LogP contribution in [0.15, 0.2) is 24.4 Å². The highest BCUT2D eigenvalue weighted by molar-refractivity contribution is 5.55. The van der Waals surface area contributed by atoms with Crippen molar-refractivity contribution in [3.63, 3.8) is 0 Å². The van der Waals surface area contributed by atoms with Gasteiger partial charge in [-0.05, 0) is 18.7 Å². The molecule has 0 spiro atoms. The predicted molar refractivity (Wildman–Crippen MR) is 83.7 cm³/mol. The average Bonchev–Trinajstić information content (AvgIpc) is 2.84. The normalized spacial score (nSPS) is 12.8. The van der Waals surface area contributed by atoms with E-state index in [0.29, 0.717) is 13.2 Å². The molecule has 2 aromatic heterocycles. The zero-order valence-corrected chi connectivity index (χ0v) is 12.9. The Morgan fingerprint density at radius 1 is 1.48 bits per heavy atom. The van der Waals surface area contributed by atoms with Crippen molar-refractivity contribution in [3.05, 3.63) is 30.1 Å². The highest BCUT2D eigenvalue weighted by atomic mass is 16.5. The van der Waals surface area contributed by atoms with E-state index in [9.17, 15) is 5.11 Å². The van der Waals surface area contributed by atoms with Gasteiger partial charge in [0.05, 0.1) is 18.4 Å². The van der Waals surface area contributed by atoms with Crippen LogP contribution in [-0.2, 0) is 11.3 Å². The third-order valence-corrected chi connectivity index (χ3v) is 3.36. The Hall–Kier alpha value is -1.63. The van der Waals surface area contributed by atoms with Crippen molar-refractivity contribution in [2.24, 2.45) is 0 Å². The third-order valence-electron chi connectivity index (χ3n) is 3.36. The van der Waals surface area contributed by atoms with Crippen LogP contribution in [0.5, 0.6) is 0 Å². The first-order valence-electron chi connectivity index (χ1n) is 7.22. The Kier molecular flexibility index (Phi) is 5.55. The van der Waals surface area contributed by atoms with Gasteiger partial charge in [-0.1, -0.05) is 13.0 Å². The molecule has 1 atom stereocenters. The number of hydrogen-bond donors (Lipinski definition) is 2. The van der Waals surface area contributed by atoms with Gasteiger partial charge in [0, 0.05) is 33.4 Å². The first-order chi connectivity index (χ1) is 10.2. The Balaban J connectivity index is 2.28. The summed E-state index contributed by atoms with van der Waals surface area (Å²) < 4.78 is 7.06. The molecule has 0 aliphatic heterocycles. The van der Waals surface area contributed by atoms with E-state index in [4.69, 9.17) is 4.74 Å². The van der Waals surface area contributed by atoms with Crippen LogP contribution in [0.4, 0.5) is 5.82 Å². The summed E-state index contributed by atoms with van der Waals surface area (Å²) in [5, 5.41) is 13.2. The predicted octanol–water partition coefficient (Wildman–Crippen LogP) is 0.887. The maximum atomic E-state index is 9.91. The highest BCUT2D eigenvalue weighted by Gasteiger charge is 2.17. The van der Waals surface area contributed by atoms with Gasteiger partial charge in [0.1, 0.15) is 5.65 Å². The largest absolute Gasteiger partial charge is 0.389 e. The van der Waals surface area contributed by atoms with Crippen molar-refractivity contribution in [1.82, 2.24) is 14.7 Å². The molecule has 0 amide bonds. The molecule has 0 aromatic carbocycles. The summed E-state index contributed by atoms with van der Waals surface area (Å²) in [7, 11) is 3.53. The zero-order chi connectivity index (χ0) is 15.2. The molecule has 2 aromatic rings. The Morgan fingerprint density at radius 3 is 3.00 bits per heavy atom. The molecule has 0 bridgehead atoms. The van der Waals surface area contributed by atoms with Crippen molar-refractivity contribution in [3.8, 4) is 0 Å². The fraction of sp³-hybridized carbons (Fsp3) is 0.533. The first kappa shape index (κ1) is 15.8. The lowest BCUT2D eigenvalue weighted by Crippen LogP contribution is -2.33. The molecule has 116 valence electrons. The molecule has 21 heavy (non-hydrogen) atoms. The Morgan fingerprint density at radius 2 is 2.29 bits per heavy atom. The second kappa shape index (κ2) is 7.40. The van der Waals surface area contributed by atoms with Gasteiger partial charge in [-0.3, -0.25) is 0 Å². The number of imidazole rings is 1. The lowest BCUT2D eigenvalue weighted by Gasteiger charge is -2.21. The van der Waals surface area contributed by atoms with Crippen molar-refractivity contribution in [1.29, 1.82) is 0 Å². The quantitative estimate of drug-likeness (QED) is 0.756. The minimum atomic E-state index is -0.531. The van der Waals surface area contributed by atoms with E-state index >= 15 is 0 Å². The van der Waals surface area contributed by atoms with Gasteiger partial charge in [-0.2, -0.15) is 0 Å². The van der Waals surface area contributed by atoms with Gasteiger partial charge in [0.15, 0.2) is 5.82 Å². The van der Waals surface area contributed by atoms with Crippen LogP contribution >= 0.6 is 0 Å². The van der Waals surface area contributed by atoms with Crippen LogP contribution in [0.1, 0.15) is 12.6 Å². The number of nitrogens with zero attached hydrogens (tertiary/aromatic N) is 3. The van der Waals surface area contributed by atoms with Gasteiger partial charge in [-0.15, -0.1) is 0 Å². The van der Waals surface area contributed by atoms with Gasteiger partial charge >= 0.3 is 0 Å². The average molecular weight is 292 g/mol. The summed E-state index contributed by atoms with van der Waals surface area (Å²) in [6, 6.07) is 5.95. The van der Waals surface area contributed by atoms with Crippen molar-refractivity contribution in [2.75, 3.05) is 38.8 Å². The van der Waals surface area contributed by atoms with Gasteiger partial charge < -0.3 is 24.5 Å². The number of fused-ring (bicyclic) bond motifs is 1. The number of hydrogen-bond acceptors (Lipinski definition) is 5. The molecular weight excluding hydrogens is 268 g/mol. The van der Waals surface area contributed by atoms with Crippen molar-refractivity contribution < 1.29 is 9.84 Å². The number of rotatable bonds is 8. The molecule has 2 heterocycles. The van der Waals surface area contributed by atoms with E-state index < -0.39 is 6.10 Å². The van der Waals surface area contributed by atoms with Crippen LogP contribution in [0.25, 0.3) is 5.65 Å². The van der Waals surface area contributed by atoms with E-state index in [-0.39, 0.29) is 0 Å². The number of ether oxygens (including phenoxy) is 1. The number of likely N-dealkylation sites (N-methyl/N-ethyl adjacent to an activating group) is 1. The zero-order valence-electron chi connectivity index (χ0n) is 12.9. The van der Waals surface area contributed by atoms with Gasteiger partial charge in [0.25, 0.3) is 0 Å². The smallest absolute Gasteiger partial charge is 0.152 e. The number of aliphatic hydroxyl groups excluding tert-OH is 1. The first-order valence-corrected chi connectivity index (χ1v) is 7.22. The molecule has 0 aliphatic carbocycles. The highest BCUT2D eigenvalue weighted by Crippen LogP contribution is 2.21. The van der Waals surface area contributed by atoms with Crippen LogP contribution < -0.4 is 10.2 Å². The minimum absolute atomic E-state index is 0.320. The van der Waals surface area contributed by atoms with Crippen molar-refractivity contribution in [2.45, 2.75) is 19.6 Å². The van der Waals surface area contributed by atoms with E-state index in [2.05, 4.69) is 21.6 Å². The van der Waals surface area contributed by atoms with Gasteiger partial charge in [-0.25, -0.2) is 4.98 Å². The molecule has 6 nitrogen and oxygen atoms in total.